The first-order valence-electron chi connectivity index (χ1n) is 4.77. The van der Waals surface area contributed by atoms with E-state index in [9.17, 15) is 8.42 Å². The van der Waals surface area contributed by atoms with Crippen molar-refractivity contribution in [1.82, 2.24) is 0 Å². The maximum absolute atomic E-state index is 10.9. The fourth-order valence-corrected chi connectivity index (χ4v) is 1.88. The van der Waals surface area contributed by atoms with E-state index in [1.165, 1.54) is 6.26 Å². The second-order valence-corrected chi connectivity index (χ2v) is 5.32. The molecule has 0 aliphatic carbocycles. The van der Waals surface area contributed by atoms with Crippen molar-refractivity contribution >= 4 is 21.1 Å². The third kappa shape index (κ3) is 2.25. The first-order valence-corrected chi connectivity index (χ1v) is 6.59. The van der Waals surface area contributed by atoms with Gasteiger partial charge in [-0.25, -0.2) is 0 Å². The molecule has 0 aliphatic heterocycles. The van der Waals surface area contributed by atoms with Gasteiger partial charge in [-0.3, -0.25) is 4.18 Å². The summed E-state index contributed by atoms with van der Waals surface area (Å²) in [7, 11) is -3.42. The van der Waals surface area contributed by atoms with Crippen molar-refractivity contribution < 1.29 is 17.0 Å². The van der Waals surface area contributed by atoms with Gasteiger partial charge >= 0.3 is 0 Å². The summed E-state index contributed by atoms with van der Waals surface area (Å²) in [4.78, 5) is 0. The van der Waals surface area contributed by atoms with Crippen molar-refractivity contribution in [1.29, 1.82) is 0 Å². The van der Waals surface area contributed by atoms with Gasteiger partial charge < -0.3 is 4.42 Å². The Kier molecular flexibility index (Phi) is 2.73. The zero-order valence-electron chi connectivity index (χ0n) is 9.06. The van der Waals surface area contributed by atoms with Crippen molar-refractivity contribution in [2.75, 3.05) is 6.26 Å². The van der Waals surface area contributed by atoms with Crippen LogP contribution in [0.25, 0.3) is 11.0 Å². The van der Waals surface area contributed by atoms with E-state index in [0.717, 1.165) is 28.4 Å². The summed E-state index contributed by atoms with van der Waals surface area (Å²) >= 11 is 0. The number of furan rings is 1. The van der Waals surface area contributed by atoms with E-state index in [-0.39, 0.29) is 6.61 Å². The SMILES string of the molecule is Cc1cccc2c(COS(C)(=O)=O)coc12. The van der Waals surface area contributed by atoms with Crippen LogP contribution in [0.2, 0.25) is 0 Å². The normalized spacial score (nSPS) is 12.1. The molecule has 16 heavy (non-hydrogen) atoms. The van der Waals surface area contributed by atoms with Crippen LogP contribution < -0.4 is 0 Å². The molecule has 0 unspecified atom stereocenters. The third-order valence-corrected chi connectivity index (χ3v) is 2.85. The van der Waals surface area contributed by atoms with Gasteiger partial charge in [0.05, 0.1) is 19.1 Å². The van der Waals surface area contributed by atoms with E-state index < -0.39 is 10.1 Å². The predicted molar refractivity (Wildman–Crippen MR) is 60.6 cm³/mol. The second kappa shape index (κ2) is 3.92. The Hall–Kier alpha value is -1.33. The van der Waals surface area contributed by atoms with Crippen LogP contribution in [-0.4, -0.2) is 14.7 Å². The van der Waals surface area contributed by atoms with E-state index in [1.807, 2.05) is 25.1 Å². The maximum Gasteiger partial charge on any atom is 0.264 e. The molecule has 0 amide bonds. The van der Waals surface area contributed by atoms with Gasteiger partial charge in [0.2, 0.25) is 0 Å². The van der Waals surface area contributed by atoms with Gasteiger partial charge in [0.1, 0.15) is 5.58 Å². The maximum atomic E-state index is 10.9. The second-order valence-electron chi connectivity index (χ2n) is 3.68. The summed E-state index contributed by atoms with van der Waals surface area (Å²) in [6.07, 6.45) is 2.56. The van der Waals surface area contributed by atoms with Crippen LogP contribution in [0.15, 0.2) is 28.9 Å². The lowest BCUT2D eigenvalue weighted by Gasteiger charge is -1.99. The Morgan fingerprint density at radius 2 is 2.12 bits per heavy atom. The molecule has 0 fully saturated rings. The Morgan fingerprint density at radius 3 is 2.81 bits per heavy atom. The van der Waals surface area contributed by atoms with E-state index in [2.05, 4.69) is 0 Å². The predicted octanol–water partition coefficient (Wildman–Crippen LogP) is 2.22. The van der Waals surface area contributed by atoms with Crippen LogP contribution in [-0.2, 0) is 20.9 Å². The van der Waals surface area contributed by atoms with Gasteiger partial charge in [-0.1, -0.05) is 18.2 Å². The van der Waals surface area contributed by atoms with Crippen molar-refractivity contribution in [2.45, 2.75) is 13.5 Å². The number of hydrogen-bond acceptors (Lipinski definition) is 4. The molecule has 0 spiro atoms. The number of para-hydroxylation sites is 1. The van der Waals surface area contributed by atoms with Crippen LogP contribution in [0.5, 0.6) is 0 Å². The highest BCUT2D eigenvalue weighted by Gasteiger charge is 2.10. The van der Waals surface area contributed by atoms with E-state index in [1.54, 1.807) is 0 Å². The lowest BCUT2D eigenvalue weighted by molar-refractivity contribution is 0.311. The topological polar surface area (TPSA) is 56.5 Å². The van der Waals surface area contributed by atoms with Gasteiger partial charge in [-0.2, -0.15) is 8.42 Å². The van der Waals surface area contributed by atoms with Crippen LogP contribution in [0.4, 0.5) is 0 Å². The molecule has 0 radical (unpaired) electrons. The molecule has 2 aromatic rings. The van der Waals surface area contributed by atoms with E-state index in [4.69, 9.17) is 8.60 Å². The number of benzene rings is 1. The smallest absolute Gasteiger partial charge is 0.264 e. The molecule has 2 rings (SSSR count). The average Bonchev–Trinajstić information content (AvgIpc) is 2.58. The molecule has 0 saturated heterocycles. The fraction of sp³-hybridized carbons (Fsp3) is 0.273. The molecular formula is C11H12O4S. The van der Waals surface area contributed by atoms with Crippen LogP contribution in [0, 0.1) is 6.92 Å². The summed E-state index contributed by atoms with van der Waals surface area (Å²) in [5.74, 6) is 0. The average molecular weight is 240 g/mol. The molecule has 0 bridgehead atoms. The van der Waals surface area contributed by atoms with Crippen molar-refractivity contribution in [3.05, 3.63) is 35.6 Å². The number of fused-ring (bicyclic) bond motifs is 1. The zero-order valence-corrected chi connectivity index (χ0v) is 9.87. The minimum absolute atomic E-state index is 0.00921. The standard InChI is InChI=1S/C11H12O4S/c1-8-4-3-5-10-9(6-14-11(8)10)7-15-16(2,12)13/h3-6H,7H2,1-2H3. The van der Waals surface area contributed by atoms with Gasteiger partial charge in [0.25, 0.3) is 10.1 Å². The van der Waals surface area contributed by atoms with Gasteiger partial charge in [-0.15, -0.1) is 0 Å². The highest BCUT2D eigenvalue weighted by atomic mass is 32.2. The minimum Gasteiger partial charge on any atom is -0.464 e. The Morgan fingerprint density at radius 1 is 1.38 bits per heavy atom. The first-order chi connectivity index (χ1) is 7.47. The summed E-state index contributed by atoms with van der Waals surface area (Å²) < 4.78 is 31.9. The molecule has 0 saturated carbocycles. The van der Waals surface area contributed by atoms with Crippen molar-refractivity contribution in [3.8, 4) is 0 Å². The molecule has 1 aromatic carbocycles. The molecule has 86 valence electrons. The van der Waals surface area contributed by atoms with Gasteiger partial charge in [-0.05, 0) is 12.5 Å². The zero-order chi connectivity index (χ0) is 11.8. The highest BCUT2D eigenvalue weighted by molar-refractivity contribution is 7.85. The molecule has 0 aliphatic rings. The Balaban J connectivity index is 2.36. The summed E-state index contributed by atoms with van der Waals surface area (Å²) in [5, 5.41) is 0.892. The van der Waals surface area contributed by atoms with Crippen LogP contribution in [0.1, 0.15) is 11.1 Å². The minimum atomic E-state index is -3.42. The summed E-state index contributed by atoms with van der Waals surface area (Å²) in [6, 6.07) is 5.72. The van der Waals surface area contributed by atoms with E-state index >= 15 is 0 Å². The third-order valence-electron chi connectivity index (χ3n) is 2.31. The fourth-order valence-electron chi connectivity index (χ4n) is 1.54. The molecule has 0 N–H and O–H groups in total. The molecule has 4 nitrogen and oxygen atoms in total. The Labute approximate surface area is 94.0 Å². The number of hydrogen-bond donors (Lipinski definition) is 0. The number of aryl methyl sites for hydroxylation is 1. The van der Waals surface area contributed by atoms with Gasteiger partial charge in [0, 0.05) is 10.9 Å². The summed E-state index contributed by atoms with van der Waals surface area (Å²) in [6.45, 7) is 1.95. The van der Waals surface area contributed by atoms with Crippen LogP contribution in [0.3, 0.4) is 0 Å². The van der Waals surface area contributed by atoms with Crippen molar-refractivity contribution in [2.24, 2.45) is 0 Å². The molecule has 5 heteroatoms. The largest absolute Gasteiger partial charge is 0.464 e. The lowest BCUT2D eigenvalue weighted by Crippen LogP contribution is -2.02. The molecular weight excluding hydrogens is 228 g/mol. The van der Waals surface area contributed by atoms with Crippen LogP contribution >= 0.6 is 0 Å². The summed E-state index contributed by atoms with van der Waals surface area (Å²) in [5.41, 5.74) is 2.53. The Bertz CT molecular complexity index is 610. The lowest BCUT2D eigenvalue weighted by atomic mass is 10.1. The van der Waals surface area contributed by atoms with Crippen molar-refractivity contribution in [3.63, 3.8) is 0 Å². The number of rotatable bonds is 3. The molecule has 0 atom stereocenters. The first kappa shape index (κ1) is 11.2. The molecule has 1 heterocycles. The highest BCUT2D eigenvalue weighted by Crippen LogP contribution is 2.24. The van der Waals surface area contributed by atoms with Gasteiger partial charge in [0.15, 0.2) is 0 Å². The monoisotopic (exact) mass is 240 g/mol. The molecule has 1 aromatic heterocycles. The van der Waals surface area contributed by atoms with E-state index in [0.29, 0.717) is 0 Å². The quantitative estimate of drug-likeness (QED) is 0.772.